The number of benzene rings is 1. The molecule has 0 saturated carbocycles. The third-order valence-corrected chi connectivity index (χ3v) is 3.39. The number of ether oxygens (including phenoxy) is 1. The van der Waals surface area contributed by atoms with Gasteiger partial charge in [0.25, 0.3) is 0 Å². The molecule has 0 unspecified atom stereocenters. The van der Waals surface area contributed by atoms with Crippen LogP contribution in [0.15, 0.2) is 24.3 Å². The molecular weight excluding hydrogens is 254 g/mol. The minimum atomic E-state index is -0.546. The molecule has 5 heteroatoms. The second-order valence-corrected chi connectivity index (χ2v) is 5.04. The van der Waals surface area contributed by atoms with Crippen molar-refractivity contribution in [3.8, 4) is 11.8 Å². The van der Waals surface area contributed by atoms with Gasteiger partial charge < -0.3 is 20.5 Å². The van der Waals surface area contributed by atoms with Crippen molar-refractivity contribution in [2.24, 2.45) is 0 Å². The quantitative estimate of drug-likeness (QED) is 0.710. The van der Waals surface area contributed by atoms with Gasteiger partial charge in [-0.2, -0.15) is 5.26 Å². The molecule has 0 bridgehead atoms. The Hall–Kier alpha value is -1.61. The Morgan fingerprint density at radius 1 is 1.45 bits per heavy atom. The van der Waals surface area contributed by atoms with Crippen LogP contribution in [0.4, 0.5) is 0 Å². The molecule has 1 saturated heterocycles. The van der Waals surface area contributed by atoms with Gasteiger partial charge in [-0.3, -0.25) is 0 Å². The first kappa shape index (κ1) is 14.8. The van der Waals surface area contributed by atoms with E-state index >= 15 is 0 Å². The van der Waals surface area contributed by atoms with Crippen LogP contribution >= 0.6 is 0 Å². The maximum atomic E-state index is 9.90. The summed E-state index contributed by atoms with van der Waals surface area (Å²) in [5.74, 6) is 0.616. The van der Waals surface area contributed by atoms with Gasteiger partial charge in [0, 0.05) is 12.6 Å². The molecule has 1 aromatic rings. The Bertz CT molecular complexity index is 453. The largest absolute Gasteiger partial charge is 0.491 e. The molecule has 0 aliphatic carbocycles. The third-order valence-electron chi connectivity index (χ3n) is 3.39. The molecule has 0 radical (unpaired) electrons. The van der Waals surface area contributed by atoms with Crippen LogP contribution in [0.25, 0.3) is 0 Å². The lowest BCUT2D eigenvalue weighted by Gasteiger charge is -2.25. The molecule has 3 N–H and O–H groups in total. The fourth-order valence-electron chi connectivity index (χ4n) is 2.24. The zero-order chi connectivity index (χ0) is 14.2. The highest BCUT2D eigenvalue weighted by Crippen LogP contribution is 2.12. The molecule has 5 nitrogen and oxygen atoms in total. The van der Waals surface area contributed by atoms with E-state index in [-0.39, 0.29) is 6.61 Å². The van der Waals surface area contributed by atoms with Crippen LogP contribution in [0.5, 0.6) is 5.75 Å². The van der Waals surface area contributed by atoms with E-state index in [1.54, 1.807) is 24.3 Å². The zero-order valence-electron chi connectivity index (χ0n) is 11.5. The standard InChI is InChI=1S/C15H21N3O2/c16-9-12-2-1-3-15(8-12)20-11-14(19)10-18-13-4-6-17-7-5-13/h1-3,8,13-14,17-19H,4-7,10-11H2/t14-/m0/s1. The normalized spacial score (nSPS) is 17.4. The monoisotopic (exact) mass is 275 g/mol. The molecular formula is C15H21N3O2. The van der Waals surface area contributed by atoms with Crippen LogP contribution in [0.3, 0.4) is 0 Å². The highest BCUT2D eigenvalue weighted by Gasteiger charge is 2.14. The second-order valence-electron chi connectivity index (χ2n) is 5.04. The van der Waals surface area contributed by atoms with E-state index in [2.05, 4.69) is 16.7 Å². The molecule has 2 rings (SSSR count). The van der Waals surface area contributed by atoms with Gasteiger partial charge in [-0.25, -0.2) is 0 Å². The van der Waals surface area contributed by atoms with Crippen LogP contribution in [-0.4, -0.2) is 43.5 Å². The number of nitrogens with one attached hydrogen (secondary N) is 2. The summed E-state index contributed by atoms with van der Waals surface area (Å²) < 4.78 is 5.50. The van der Waals surface area contributed by atoms with Crippen LogP contribution in [-0.2, 0) is 0 Å². The average molecular weight is 275 g/mol. The van der Waals surface area contributed by atoms with Crippen LogP contribution in [0.1, 0.15) is 18.4 Å². The van der Waals surface area contributed by atoms with Crippen molar-refractivity contribution in [3.63, 3.8) is 0 Å². The highest BCUT2D eigenvalue weighted by molar-refractivity contribution is 5.36. The van der Waals surface area contributed by atoms with Gasteiger partial charge in [-0.15, -0.1) is 0 Å². The molecule has 0 aromatic heterocycles. The Kier molecular flexibility index (Phi) is 5.81. The summed E-state index contributed by atoms with van der Waals surface area (Å²) in [5.41, 5.74) is 0.560. The lowest BCUT2D eigenvalue weighted by molar-refractivity contribution is 0.102. The van der Waals surface area contributed by atoms with E-state index in [0.717, 1.165) is 25.9 Å². The predicted octanol–water partition coefficient (Wildman–Crippen LogP) is 0.640. The minimum Gasteiger partial charge on any atom is -0.491 e. The molecule has 1 aliphatic heterocycles. The number of nitrogens with zero attached hydrogens (tertiary/aromatic N) is 1. The van der Waals surface area contributed by atoms with Crippen molar-refractivity contribution < 1.29 is 9.84 Å². The van der Waals surface area contributed by atoms with Gasteiger partial charge in [0.2, 0.25) is 0 Å². The van der Waals surface area contributed by atoms with E-state index in [9.17, 15) is 5.11 Å². The van der Waals surface area contributed by atoms with E-state index in [1.807, 2.05) is 0 Å². The number of hydrogen-bond acceptors (Lipinski definition) is 5. The maximum absolute atomic E-state index is 9.90. The third kappa shape index (κ3) is 4.82. The van der Waals surface area contributed by atoms with E-state index in [1.165, 1.54) is 0 Å². The molecule has 0 spiro atoms. The van der Waals surface area contributed by atoms with Gasteiger partial charge in [-0.1, -0.05) is 6.07 Å². The van der Waals surface area contributed by atoms with E-state index in [4.69, 9.17) is 10.00 Å². The summed E-state index contributed by atoms with van der Waals surface area (Å²) in [5, 5.41) is 25.4. The summed E-state index contributed by atoms with van der Waals surface area (Å²) in [6, 6.07) is 9.50. The topological polar surface area (TPSA) is 77.3 Å². The van der Waals surface area contributed by atoms with Crippen molar-refractivity contribution in [1.29, 1.82) is 5.26 Å². The second kappa shape index (κ2) is 7.85. The summed E-state index contributed by atoms with van der Waals surface area (Å²) in [4.78, 5) is 0. The Labute approximate surface area is 119 Å². The first-order chi connectivity index (χ1) is 9.78. The molecule has 1 aromatic carbocycles. The fraction of sp³-hybridized carbons (Fsp3) is 0.533. The highest BCUT2D eigenvalue weighted by atomic mass is 16.5. The molecule has 1 aliphatic rings. The molecule has 1 heterocycles. The van der Waals surface area contributed by atoms with Crippen LogP contribution < -0.4 is 15.4 Å². The van der Waals surface area contributed by atoms with Crippen molar-refractivity contribution in [2.75, 3.05) is 26.2 Å². The fourth-order valence-corrected chi connectivity index (χ4v) is 2.24. The maximum Gasteiger partial charge on any atom is 0.120 e. The van der Waals surface area contributed by atoms with Gasteiger partial charge in [0.05, 0.1) is 11.6 Å². The van der Waals surface area contributed by atoms with E-state index < -0.39 is 6.10 Å². The summed E-state index contributed by atoms with van der Waals surface area (Å²) in [6.07, 6.45) is 1.64. The average Bonchev–Trinajstić information content (AvgIpc) is 2.52. The smallest absolute Gasteiger partial charge is 0.120 e. The number of aliphatic hydroxyl groups excluding tert-OH is 1. The zero-order valence-corrected chi connectivity index (χ0v) is 11.5. The Balaban J connectivity index is 1.68. The summed E-state index contributed by atoms with van der Waals surface area (Å²) >= 11 is 0. The van der Waals surface area contributed by atoms with Crippen molar-refractivity contribution in [2.45, 2.75) is 25.0 Å². The van der Waals surface area contributed by atoms with Gasteiger partial charge in [0.1, 0.15) is 18.5 Å². The number of piperidine rings is 1. The molecule has 108 valence electrons. The number of rotatable bonds is 6. The first-order valence-corrected chi connectivity index (χ1v) is 7.03. The predicted molar refractivity (Wildman–Crippen MR) is 76.6 cm³/mol. The molecule has 0 amide bonds. The summed E-state index contributed by atoms with van der Waals surface area (Å²) in [7, 11) is 0. The lowest BCUT2D eigenvalue weighted by atomic mass is 10.1. The van der Waals surface area contributed by atoms with Crippen LogP contribution in [0.2, 0.25) is 0 Å². The Morgan fingerprint density at radius 2 is 2.25 bits per heavy atom. The molecule has 1 atom stereocenters. The van der Waals surface area contributed by atoms with E-state index in [0.29, 0.717) is 23.9 Å². The van der Waals surface area contributed by atoms with Gasteiger partial charge >= 0.3 is 0 Å². The van der Waals surface area contributed by atoms with Crippen LogP contribution in [0, 0.1) is 11.3 Å². The lowest BCUT2D eigenvalue weighted by Crippen LogP contribution is -2.43. The van der Waals surface area contributed by atoms with Gasteiger partial charge in [0.15, 0.2) is 0 Å². The Morgan fingerprint density at radius 3 is 3.00 bits per heavy atom. The summed E-state index contributed by atoms with van der Waals surface area (Å²) in [6.45, 7) is 2.83. The number of hydrogen-bond donors (Lipinski definition) is 3. The van der Waals surface area contributed by atoms with Gasteiger partial charge in [-0.05, 0) is 44.1 Å². The molecule has 1 fully saturated rings. The van der Waals surface area contributed by atoms with Crippen molar-refractivity contribution >= 4 is 0 Å². The van der Waals surface area contributed by atoms with Crippen molar-refractivity contribution in [3.05, 3.63) is 29.8 Å². The SMILES string of the molecule is N#Cc1cccc(OC[C@@H](O)CNC2CCNCC2)c1. The first-order valence-electron chi connectivity index (χ1n) is 7.03. The number of aliphatic hydroxyl groups is 1. The minimum absolute atomic E-state index is 0.229. The molecule has 20 heavy (non-hydrogen) atoms. The number of nitriles is 1. The van der Waals surface area contributed by atoms with Crippen molar-refractivity contribution in [1.82, 2.24) is 10.6 Å².